The molecule has 0 aromatic carbocycles. The van der Waals surface area contributed by atoms with Crippen LogP contribution in [-0.2, 0) is 9.53 Å². The molecule has 1 aromatic heterocycles. The van der Waals surface area contributed by atoms with Crippen LogP contribution in [0, 0.1) is 6.92 Å². The molecule has 6 nitrogen and oxygen atoms in total. The molecular weight excluding hydrogens is 256 g/mol. The first kappa shape index (κ1) is 13.3. The van der Waals surface area contributed by atoms with E-state index < -0.39 is 0 Å². The first-order valence-electron chi connectivity index (χ1n) is 7.18. The van der Waals surface area contributed by atoms with Crippen LogP contribution < -0.4 is 4.90 Å². The predicted octanol–water partition coefficient (Wildman–Crippen LogP) is 0.613. The van der Waals surface area contributed by atoms with Crippen molar-refractivity contribution in [2.75, 3.05) is 37.7 Å². The largest absolute Gasteiger partial charge is 0.368 e. The van der Waals surface area contributed by atoms with E-state index in [1.54, 1.807) is 6.33 Å². The topological polar surface area (TPSA) is 58.6 Å². The number of rotatable bonds is 2. The highest BCUT2D eigenvalue weighted by Gasteiger charge is 2.30. The van der Waals surface area contributed by atoms with Crippen LogP contribution in [0.25, 0.3) is 0 Å². The minimum atomic E-state index is -0.206. The monoisotopic (exact) mass is 276 g/mol. The van der Waals surface area contributed by atoms with E-state index in [0.29, 0.717) is 0 Å². The lowest BCUT2D eigenvalue weighted by Crippen LogP contribution is -2.51. The average molecular weight is 276 g/mol. The highest BCUT2D eigenvalue weighted by atomic mass is 16.5. The third-order valence-electron chi connectivity index (χ3n) is 3.91. The van der Waals surface area contributed by atoms with E-state index in [9.17, 15) is 4.79 Å². The second-order valence-corrected chi connectivity index (χ2v) is 5.33. The Morgan fingerprint density at radius 1 is 1.30 bits per heavy atom. The number of nitrogens with zero attached hydrogens (tertiary/aromatic N) is 4. The Labute approximate surface area is 118 Å². The molecule has 2 saturated heterocycles. The smallest absolute Gasteiger partial charge is 0.251 e. The van der Waals surface area contributed by atoms with Gasteiger partial charge in [-0.2, -0.15) is 0 Å². The van der Waals surface area contributed by atoms with Crippen molar-refractivity contribution in [1.29, 1.82) is 0 Å². The number of ether oxygens (including phenoxy) is 1. The Morgan fingerprint density at radius 2 is 2.10 bits per heavy atom. The third-order valence-corrected chi connectivity index (χ3v) is 3.91. The maximum absolute atomic E-state index is 12.3. The minimum Gasteiger partial charge on any atom is -0.368 e. The summed E-state index contributed by atoms with van der Waals surface area (Å²) in [6.45, 7) is 5.78. The van der Waals surface area contributed by atoms with Crippen LogP contribution in [-0.4, -0.2) is 59.7 Å². The zero-order valence-corrected chi connectivity index (χ0v) is 11.8. The van der Waals surface area contributed by atoms with Crippen molar-refractivity contribution in [3.8, 4) is 0 Å². The van der Waals surface area contributed by atoms with Crippen LogP contribution in [0.15, 0.2) is 12.4 Å². The molecule has 6 heteroatoms. The number of hydrogen-bond acceptors (Lipinski definition) is 5. The van der Waals surface area contributed by atoms with Crippen molar-refractivity contribution in [2.24, 2.45) is 0 Å². The Balaban J connectivity index is 1.58. The number of carbonyl (C=O) groups is 1. The molecule has 0 saturated carbocycles. The summed E-state index contributed by atoms with van der Waals surface area (Å²) in [5.41, 5.74) is 0.966. The van der Waals surface area contributed by atoms with Gasteiger partial charge in [0.2, 0.25) is 0 Å². The highest BCUT2D eigenvalue weighted by Crippen LogP contribution is 2.18. The molecule has 2 aliphatic rings. The summed E-state index contributed by atoms with van der Waals surface area (Å²) in [5.74, 6) is 1.10. The summed E-state index contributed by atoms with van der Waals surface area (Å²) >= 11 is 0. The Kier molecular flexibility index (Phi) is 3.82. The van der Waals surface area contributed by atoms with Gasteiger partial charge in [-0.25, -0.2) is 9.97 Å². The highest BCUT2D eigenvalue weighted by molar-refractivity contribution is 5.81. The normalized spacial score (nSPS) is 23.1. The molecule has 1 unspecified atom stereocenters. The second-order valence-electron chi connectivity index (χ2n) is 5.33. The number of aromatic nitrogens is 2. The first-order chi connectivity index (χ1) is 9.74. The number of hydrogen-bond donors (Lipinski definition) is 0. The van der Waals surface area contributed by atoms with Crippen LogP contribution in [0.3, 0.4) is 0 Å². The van der Waals surface area contributed by atoms with E-state index in [1.165, 1.54) is 0 Å². The van der Waals surface area contributed by atoms with Crippen molar-refractivity contribution in [3.05, 3.63) is 18.1 Å². The van der Waals surface area contributed by atoms with Gasteiger partial charge >= 0.3 is 0 Å². The fourth-order valence-electron chi connectivity index (χ4n) is 2.75. The van der Waals surface area contributed by atoms with Crippen molar-refractivity contribution in [1.82, 2.24) is 14.9 Å². The molecule has 108 valence electrons. The summed E-state index contributed by atoms with van der Waals surface area (Å²) < 4.78 is 5.47. The molecule has 20 heavy (non-hydrogen) atoms. The van der Waals surface area contributed by atoms with Gasteiger partial charge in [-0.3, -0.25) is 4.79 Å². The predicted molar refractivity (Wildman–Crippen MR) is 74.5 cm³/mol. The van der Waals surface area contributed by atoms with Crippen molar-refractivity contribution in [3.63, 3.8) is 0 Å². The summed E-state index contributed by atoms with van der Waals surface area (Å²) in [5, 5.41) is 0. The molecule has 3 heterocycles. The van der Waals surface area contributed by atoms with Gasteiger partial charge in [0.1, 0.15) is 18.2 Å². The number of anilines is 1. The van der Waals surface area contributed by atoms with Crippen LogP contribution in [0.2, 0.25) is 0 Å². The first-order valence-corrected chi connectivity index (χ1v) is 7.18. The van der Waals surface area contributed by atoms with Crippen LogP contribution in [0.1, 0.15) is 18.5 Å². The fourth-order valence-corrected chi connectivity index (χ4v) is 2.75. The number of carbonyl (C=O) groups excluding carboxylic acids is 1. The number of aryl methyl sites for hydroxylation is 1. The molecule has 1 amide bonds. The van der Waals surface area contributed by atoms with Gasteiger partial charge in [-0.1, -0.05) is 0 Å². The lowest BCUT2D eigenvalue weighted by atomic mass is 10.2. The quantitative estimate of drug-likeness (QED) is 0.792. The SMILES string of the molecule is Cc1cc(N2CCN(C(=O)C3CCCO3)CC2)ncn1. The number of piperazine rings is 1. The van der Waals surface area contributed by atoms with Gasteiger partial charge in [-0.15, -0.1) is 0 Å². The molecule has 1 atom stereocenters. The van der Waals surface area contributed by atoms with Gasteiger partial charge in [0.05, 0.1) is 0 Å². The molecule has 2 aliphatic heterocycles. The Morgan fingerprint density at radius 3 is 2.75 bits per heavy atom. The second kappa shape index (κ2) is 5.75. The maximum atomic E-state index is 12.3. The van der Waals surface area contributed by atoms with E-state index >= 15 is 0 Å². The van der Waals surface area contributed by atoms with E-state index in [4.69, 9.17) is 4.74 Å². The molecule has 3 rings (SSSR count). The van der Waals surface area contributed by atoms with E-state index in [0.717, 1.165) is 57.1 Å². The fraction of sp³-hybridized carbons (Fsp3) is 0.643. The van der Waals surface area contributed by atoms with Gasteiger partial charge in [0, 0.05) is 44.5 Å². The van der Waals surface area contributed by atoms with Crippen LogP contribution in [0.5, 0.6) is 0 Å². The maximum Gasteiger partial charge on any atom is 0.251 e. The van der Waals surface area contributed by atoms with Gasteiger partial charge in [0.15, 0.2) is 0 Å². The van der Waals surface area contributed by atoms with Crippen molar-refractivity contribution < 1.29 is 9.53 Å². The lowest BCUT2D eigenvalue weighted by molar-refractivity contribution is -0.141. The molecule has 0 spiro atoms. The minimum absolute atomic E-state index is 0.154. The molecule has 1 aromatic rings. The lowest BCUT2D eigenvalue weighted by Gasteiger charge is -2.36. The van der Waals surface area contributed by atoms with Crippen molar-refractivity contribution in [2.45, 2.75) is 25.9 Å². The molecule has 0 bridgehead atoms. The van der Waals surface area contributed by atoms with Gasteiger partial charge in [0.25, 0.3) is 5.91 Å². The van der Waals surface area contributed by atoms with Crippen LogP contribution >= 0.6 is 0 Å². The summed E-state index contributed by atoms with van der Waals surface area (Å²) in [7, 11) is 0. The number of amides is 1. The standard InChI is InChI=1S/C14H20N4O2/c1-11-9-13(16-10-15-11)17-4-6-18(7-5-17)14(19)12-3-2-8-20-12/h9-10,12H,2-8H2,1H3. The van der Waals surface area contributed by atoms with E-state index in [2.05, 4.69) is 14.9 Å². The zero-order chi connectivity index (χ0) is 13.9. The Hall–Kier alpha value is -1.69. The van der Waals surface area contributed by atoms with Crippen LogP contribution in [0.4, 0.5) is 5.82 Å². The Bertz CT molecular complexity index is 480. The summed E-state index contributed by atoms with van der Waals surface area (Å²) in [6.07, 6.45) is 3.25. The van der Waals surface area contributed by atoms with Gasteiger partial charge in [-0.05, 0) is 19.8 Å². The van der Waals surface area contributed by atoms with Gasteiger partial charge < -0.3 is 14.5 Å². The van der Waals surface area contributed by atoms with E-state index in [1.807, 2.05) is 17.9 Å². The zero-order valence-electron chi connectivity index (χ0n) is 11.8. The third kappa shape index (κ3) is 2.75. The van der Waals surface area contributed by atoms with E-state index in [-0.39, 0.29) is 12.0 Å². The molecular formula is C14H20N4O2. The average Bonchev–Trinajstić information content (AvgIpc) is 3.01. The molecule has 2 fully saturated rings. The van der Waals surface area contributed by atoms with Crippen molar-refractivity contribution >= 4 is 11.7 Å². The molecule has 0 N–H and O–H groups in total. The molecule has 0 radical (unpaired) electrons. The summed E-state index contributed by atoms with van der Waals surface area (Å²) in [4.78, 5) is 24.8. The molecule has 0 aliphatic carbocycles. The summed E-state index contributed by atoms with van der Waals surface area (Å²) in [6, 6.07) is 1.98.